The summed E-state index contributed by atoms with van der Waals surface area (Å²) in [4.78, 5) is 40.2. The van der Waals surface area contributed by atoms with Gasteiger partial charge in [0.1, 0.15) is 17.0 Å². The molecule has 1 aliphatic heterocycles. The third-order valence-electron chi connectivity index (χ3n) is 7.96. The molecule has 8 nitrogen and oxygen atoms in total. The van der Waals surface area contributed by atoms with Crippen LogP contribution in [0.15, 0.2) is 53.7 Å². The van der Waals surface area contributed by atoms with E-state index in [0.29, 0.717) is 23.6 Å². The fourth-order valence-corrected chi connectivity index (χ4v) is 5.65. The minimum absolute atomic E-state index is 0.192. The fraction of sp³-hybridized carbons (Fsp3) is 0.393. The number of nitrogens with zero attached hydrogens (tertiary/aromatic N) is 5. The fourth-order valence-electron chi connectivity index (χ4n) is 5.65. The minimum Gasteiger partial charge on any atom is -0.339 e. The Bertz CT molecular complexity index is 1490. The first-order chi connectivity index (χ1) is 18.0. The molecule has 4 heterocycles. The van der Waals surface area contributed by atoms with Gasteiger partial charge in [-0.3, -0.25) is 23.9 Å². The average Bonchev–Trinajstić information content (AvgIpc) is 3.57. The molecule has 37 heavy (non-hydrogen) atoms. The minimum atomic E-state index is -0.478. The summed E-state index contributed by atoms with van der Waals surface area (Å²) in [6.45, 7) is 1.68. The highest BCUT2D eigenvalue weighted by atomic mass is 19.1. The van der Waals surface area contributed by atoms with E-state index >= 15 is 0 Å². The first-order valence-electron chi connectivity index (χ1n) is 12.9. The van der Waals surface area contributed by atoms with Crippen molar-refractivity contribution in [3.8, 4) is 22.6 Å². The number of aromatic amines is 1. The van der Waals surface area contributed by atoms with Crippen LogP contribution in [0.3, 0.4) is 0 Å². The van der Waals surface area contributed by atoms with Crippen LogP contribution in [0.2, 0.25) is 0 Å². The van der Waals surface area contributed by atoms with Gasteiger partial charge in [0.2, 0.25) is 0 Å². The molecule has 6 rings (SSSR count). The average molecular weight is 501 g/mol. The van der Waals surface area contributed by atoms with Gasteiger partial charge in [-0.25, -0.2) is 0 Å². The normalized spacial score (nSPS) is 19.9. The molecule has 1 aliphatic carbocycles. The maximum atomic E-state index is 13.7. The Balaban J connectivity index is 1.42. The molecule has 1 aromatic carbocycles. The standard InChI is InChI=1S/C28H29FN6O2/c1-17-21(14-29)16-34(17)28(37)25-26(23-15-30-10-11-31-23)33-35-24(36)13-22(32-27(25)35)20-8-6-19(7-9-20)12-18-4-2-3-5-18/h6-11,13,15,17-18,21,32H,2-5,12,14,16H2,1H3/t17-,21-/m1/s1. The van der Waals surface area contributed by atoms with E-state index in [4.69, 9.17) is 0 Å². The molecule has 1 saturated heterocycles. The van der Waals surface area contributed by atoms with Gasteiger partial charge in [0, 0.05) is 37.0 Å². The van der Waals surface area contributed by atoms with Crippen LogP contribution in [0.4, 0.5) is 4.39 Å². The SMILES string of the molecule is C[C@@H]1[C@H](CF)CN1C(=O)c1c(-c2cnccn2)nn2c(=O)cc(-c3ccc(CC4CCCC4)cc3)[nH]c12. The number of H-pyrrole nitrogens is 1. The molecule has 3 aromatic heterocycles. The second-order valence-electron chi connectivity index (χ2n) is 10.3. The number of alkyl halides is 1. The van der Waals surface area contributed by atoms with Crippen molar-refractivity contribution >= 4 is 11.6 Å². The maximum absolute atomic E-state index is 13.7. The van der Waals surface area contributed by atoms with E-state index in [1.54, 1.807) is 4.90 Å². The van der Waals surface area contributed by atoms with Crippen molar-refractivity contribution in [2.24, 2.45) is 11.8 Å². The molecule has 2 aliphatic rings. The molecule has 1 N–H and O–H groups in total. The molecule has 190 valence electrons. The third kappa shape index (κ3) is 4.22. The lowest BCUT2D eigenvalue weighted by Gasteiger charge is -2.45. The van der Waals surface area contributed by atoms with Crippen molar-refractivity contribution in [2.75, 3.05) is 13.2 Å². The molecular formula is C28H29FN6O2. The van der Waals surface area contributed by atoms with Gasteiger partial charge in [-0.1, -0.05) is 49.9 Å². The summed E-state index contributed by atoms with van der Waals surface area (Å²) in [6.07, 6.45) is 10.8. The maximum Gasteiger partial charge on any atom is 0.274 e. The zero-order chi connectivity index (χ0) is 25.5. The molecular weight excluding hydrogens is 471 g/mol. The number of carbonyl (C=O) groups is 1. The van der Waals surface area contributed by atoms with Crippen LogP contribution < -0.4 is 5.56 Å². The van der Waals surface area contributed by atoms with E-state index in [0.717, 1.165) is 17.9 Å². The molecule has 2 fully saturated rings. The largest absolute Gasteiger partial charge is 0.339 e. The Labute approximate surface area is 213 Å². The molecule has 9 heteroatoms. The van der Waals surface area contributed by atoms with Crippen LogP contribution in [-0.2, 0) is 6.42 Å². The van der Waals surface area contributed by atoms with Crippen molar-refractivity contribution < 1.29 is 9.18 Å². The van der Waals surface area contributed by atoms with E-state index in [2.05, 4.69) is 32.2 Å². The number of hydrogen-bond donors (Lipinski definition) is 1. The smallest absolute Gasteiger partial charge is 0.274 e. The van der Waals surface area contributed by atoms with Crippen molar-refractivity contribution in [1.29, 1.82) is 0 Å². The monoisotopic (exact) mass is 500 g/mol. The highest BCUT2D eigenvalue weighted by molar-refractivity contribution is 6.05. The van der Waals surface area contributed by atoms with E-state index in [9.17, 15) is 14.0 Å². The van der Waals surface area contributed by atoms with E-state index in [1.165, 1.54) is 60.4 Å². The summed E-state index contributed by atoms with van der Waals surface area (Å²) in [7, 11) is 0. The first-order valence-corrected chi connectivity index (χ1v) is 12.9. The van der Waals surface area contributed by atoms with Crippen molar-refractivity contribution in [1.82, 2.24) is 29.5 Å². The highest BCUT2D eigenvalue weighted by Crippen LogP contribution is 2.32. The Morgan fingerprint density at radius 2 is 1.95 bits per heavy atom. The molecule has 2 atom stereocenters. The molecule has 0 spiro atoms. The quantitative estimate of drug-likeness (QED) is 0.426. The number of halogens is 1. The number of nitrogens with one attached hydrogen (secondary N) is 1. The first kappa shape index (κ1) is 23.5. The number of fused-ring (bicyclic) bond motifs is 1. The van der Waals surface area contributed by atoms with Gasteiger partial charge in [0.05, 0.1) is 18.6 Å². The Morgan fingerprint density at radius 1 is 1.16 bits per heavy atom. The highest BCUT2D eigenvalue weighted by Gasteiger charge is 2.41. The van der Waals surface area contributed by atoms with E-state index < -0.39 is 6.67 Å². The zero-order valence-corrected chi connectivity index (χ0v) is 20.7. The summed E-state index contributed by atoms with van der Waals surface area (Å²) in [5.41, 5.74) is 3.56. The van der Waals surface area contributed by atoms with Crippen LogP contribution in [0, 0.1) is 11.8 Å². The predicted molar refractivity (Wildman–Crippen MR) is 138 cm³/mol. The molecule has 4 aromatic rings. The number of rotatable bonds is 6. The number of likely N-dealkylation sites (tertiary alicyclic amines) is 1. The van der Waals surface area contributed by atoms with Gasteiger partial charge in [0.15, 0.2) is 5.65 Å². The Morgan fingerprint density at radius 3 is 2.62 bits per heavy atom. The summed E-state index contributed by atoms with van der Waals surface area (Å²) >= 11 is 0. The van der Waals surface area contributed by atoms with Crippen LogP contribution in [0.1, 0.15) is 48.5 Å². The summed E-state index contributed by atoms with van der Waals surface area (Å²) < 4.78 is 14.5. The van der Waals surface area contributed by atoms with Gasteiger partial charge < -0.3 is 9.88 Å². The third-order valence-corrected chi connectivity index (χ3v) is 7.96. The lowest BCUT2D eigenvalue weighted by molar-refractivity contribution is 0.0142. The van der Waals surface area contributed by atoms with Gasteiger partial charge in [-0.05, 0) is 30.4 Å². The van der Waals surface area contributed by atoms with Crippen LogP contribution in [0.25, 0.3) is 28.3 Å². The second-order valence-corrected chi connectivity index (χ2v) is 10.3. The van der Waals surface area contributed by atoms with Gasteiger partial charge in [0.25, 0.3) is 11.5 Å². The van der Waals surface area contributed by atoms with Crippen LogP contribution >= 0.6 is 0 Å². The number of hydrogen-bond acceptors (Lipinski definition) is 5. The lowest BCUT2D eigenvalue weighted by atomic mass is 9.90. The summed E-state index contributed by atoms with van der Waals surface area (Å²) in [5, 5.41) is 4.46. The second kappa shape index (κ2) is 9.53. The van der Waals surface area contributed by atoms with Gasteiger partial charge in [-0.2, -0.15) is 9.61 Å². The molecule has 1 saturated carbocycles. The number of amides is 1. The van der Waals surface area contributed by atoms with Crippen molar-refractivity contribution in [3.63, 3.8) is 0 Å². The van der Waals surface area contributed by atoms with Crippen LogP contribution in [-0.4, -0.2) is 54.6 Å². The molecule has 0 radical (unpaired) electrons. The predicted octanol–water partition coefficient (Wildman–Crippen LogP) is 4.31. The zero-order valence-electron chi connectivity index (χ0n) is 20.7. The number of carbonyl (C=O) groups excluding carboxylic acids is 1. The van der Waals surface area contributed by atoms with E-state index in [-0.39, 0.29) is 34.7 Å². The van der Waals surface area contributed by atoms with Crippen LogP contribution in [0.5, 0.6) is 0 Å². The van der Waals surface area contributed by atoms with Crippen molar-refractivity contribution in [2.45, 2.75) is 45.1 Å². The molecule has 0 unspecified atom stereocenters. The molecule has 1 amide bonds. The van der Waals surface area contributed by atoms with E-state index in [1.807, 2.05) is 19.1 Å². The Kier molecular flexibility index (Phi) is 6.06. The van der Waals surface area contributed by atoms with Crippen molar-refractivity contribution in [3.05, 3.63) is 70.4 Å². The van der Waals surface area contributed by atoms with Gasteiger partial charge >= 0.3 is 0 Å². The summed E-state index contributed by atoms with van der Waals surface area (Å²) in [6, 6.07) is 9.49. The Hall–Kier alpha value is -3.88. The summed E-state index contributed by atoms with van der Waals surface area (Å²) in [5.74, 6) is 0.249. The van der Waals surface area contributed by atoms with Gasteiger partial charge in [-0.15, -0.1) is 0 Å². The molecule has 0 bridgehead atoms. The topological polar surface area (TPSA) is 96.2 Å². The number of benzene rings is 1. The lowest BCUT2D eigenvalue weighted by Crippen LogP contribution is -2.58. The number of aromatic nitrogens is 5.